The van der Waals surface area contributed by atoms with Gasteiger partial charge in [0.05, 0.1) is 0 Å². The van der Waals surface area contributed by atoms with Crippen molar-refractivity contribution in [3.05, 3.63) is 41.7 Å². The van der Waals surface area contributed by atoms with Crippen LogP contribution in [0.2, 0.25) is 0 Å². The number of rotatable bonds is 6. The average molecular weight is 259 g/mol. The first-order valence-electron chi connectivity index (χ1n) is 6.76. The molecule has 102 valence electrons. The van der Waals surface area contributed by atoms with E-state index in [4.69, 9.17) is 0 Å². The lowest BCUT2D eigenvalue weighted by Crippen LogP contribution is -2.24. The van der Waals surface area contributed by atoms with Crippen molar-refractivity contribution in [1.82, 2.24) is 25.1 Å². The summed E-state index contributed by atoms with van der Waals surface area (Å²) in [6.07, 6.45) is 6.25. The van der Waals surface area contributed by atoms with Crippen molar-refractivity contribution < 1.29 is 0 Å². The first kappa shape index (κ1) is 13.7. The van der Waals surface area contributed by atoms with Crippen LogP contribution in [0.3, 0.4) is 0 Å². The van der Waals surface area contributed by atoms with Gasteiger partial charge < -0.3 is 5.32 Å². The van der Waals surface area contributed by atoms with Gasteiger partial charge in [0.15, 0.2) is 0 Å². The Morgan fingerprint density at radius 3 is 2.84 bits per heavy atom. The van der Waals surface area contributed by atoms with Crippen molar-refractivity contribution in [1.29, 1.82) is 0 Å². The highest BCUT2D eigenvalue weighted by Gasteiger charge is 2.15. The third kappa shape index (κ3) is 3.38. The molecule has 0 saturated heterocycles. The van der Waals surface area contributed by atoms with Crippen LogP contribution in [0.15, 0.2) is 24.8 Å². The molecular weight excluding hydrogens is 238 g/mol. The van der Waals surface area contributed by atoms with Gasteiger partial charge in [-0.2, -0.15) is 5.10 Å². The summed E-state index contributed by atoms with van der Waals surface area (Å²) < 4.78 is 1.94. The standard InChI is InChI=1S/C14H21N5/c1-4-16-13(12-6-11(3)8-15-9-12)7-14-17-10-18-19(14)5-2/h6,8-10,13,16H,4-5,7H2,1-3H3. The molecule has 0 fully saturated rings. The maximum absolute atomic E-state index is 4.35. The fourth-order valence-electron chi connectivity index (χ4n) is 2.22. The number of nitrogens with one attached hydrogen (secondary N) is 1. The maximum atomic E-state index is 4.35. The number of hydrogen-bond donors (Lipinski definition) is 1. The van der Waals surface area contributed by atoms with Crippen molar-refractivity contribution in [3.63, 3.8) is 0 Å². The lowest BCUT2D eigenvalue weighted by atomic mass is 10.0. The topological polar surface area (TPSA) is 55.6 Å². The monoisotopic (exact) mass is 259 g/mol. The fraction of sp³-hybridized carbons (Fsp3) is 0.500. The van der Waals surface area contributed by atoms with Crippen LogP contribution in [-0.4, -0.2) is 26.3 Å². The largest absolute Gasteiger partial charge is 0.310 e. The first-order valence-corrected chi connectivity index (χ1v) is 6.76. The number of aromatic nitrogens is 4. The van der Waals surface area contributed by atoms with E-state index < -0.39 is 0 Å². The van der Waals surface area contributed by atoms with E-state index in [0.29, 0.717) is 0 Å². The second kappa shape index (κ2) is 6.43. The number of hydrogen-bond acceptors (Lipinski definition) is 4. The number of likely N-dealkylation sites (N-methyl/N-ethyl adjacent to an activating group) is 1. The Labute approximate surface area is 114 Å². The molecule has 19 heavy (non-hydrogen) atoms. The molecule has 5 heteroatoms. The highest BCUT2D eigenvalue weighted by molar-refractivity contribution is 5.21. The lowest BCUT2D eigenvalue weighted by molar-refractivity contribution is 0.508. The fourth-order valence-corrected chi connectivity index (χ4v) is 2.22. The zero-order valence-electron chi connectivity index (χ0n) is 11.8. The van der Waals surface area contributed by atoms with Gasteiger partial charge in [0.1, 0.15) is 12.2 Å². The van der Waals surface area contributed by atoms with Gasteiger partial charge in [-0.15, -0.1) is 0 Å². The molecule has 2 heterocycles. The predicted octanol–water partition coefficient (Wildman–Crippen LogP) is 1.89. The van der Waals surface area contributed by atoms with Gasteiger partial charge in [-0.1, -0.05) is 13.0 Å². The second-order valence-corrected chi connectivity index (χ2v) is 4.60. The number of aryl methyl sites for hydroxylation is 2. The summed E-state index contributed by atoms with van der Waals surface area (Å²) in [5, 5.41) is 7.72. The Balaban J connectivity index is 2.21. The van der Waals surface area contributed by atoms with Crippen LogP contribution >= 0.6 is 0 Å². The van der Waals surface area contributed by atoms with Crippen LogP contribution in [0.4, 0.5) is 0 Å². The molecule has 1 unspecified atom stereocenters. The van der Waals surface area contributed by atoms with E-state index in [-0.39, 0.29) is 6.04 Å². The van der Waals surface area contributed by atoms with Gasteiger partial charge in [-0.3, -0.25) is 9.67 Å². The quantitative estimate of drug-likeness (QED) is 0.860. The summed E-state index contributed by atoms with van der Waals surface area (Å²) in [5.74, 6) is 1.01. The highest BCUT2D eigenvalue weighted by Crippen LogP contribution is 2.17. The van der Waals surface area contributed by atoms with Crippen LogP contribution < -0.4 is 5.32 Å². The van der Waals surface area contributed by atoms with Gasteiger partial charge in [0, 0.05) is 31.4 Å². The van der Waals surface area contributed by atoms with E-state index in [9.17, 15) is 0 Å². The molecule has 0 spiro atoms. The number of pyridine rings is 1. The van der Waals surface area contributed by atoms with Crippen LogP contribution in [0, 0.1) is 6.92 Å². The van der Waals surface area contributed by atoms with Crippen molar-refractivity contribution in [2.24, 2.45) is 0 Å². The minimum Gasteiger partial charge on any atom is -0.310 e. The molecule has 1 N–H and O–H groups in total. The van der Waals surface area contributed by atoms with E-state index in [0.717, 1.165) is 25.3 Å². The van der Waals surface area contributed by atoms with Gasteiger partial charge in [-0.05, 0) is 31.5 Å². The van der Waals surface area contributed by atoms with Gasteiger partial charge in [0.25, 0.3) is 0 Å². The zero-order chi connectivity index (χ0) is 13.7. The molecule has 1 atom stereocenters. The number of nitrogens with zero attached hydrogens (tertiary/aromatic N) is 4. The third-order valence-corrected chi connectivity index (χ3v) is 3.13. The summed E-state index contributed by atoms with van der Waals surface area (Å²) >= 11 is 0. The molecule has 0 aliphatic heterocycles. The minimum atomic E-state index is 0.229. The molecule has 0 radical (unpaired) electrons. The Morgan fingerprint density at radius 2 is 2.16 bits per heavy atom. The van der Waals surface area contributed by atoms with Crippen molar-refractivity contribution in [2.75, 3.05) is 6.54 Å². The van der Waals surface area contributed by atoms with E-state index >= 15 is 0 Å². The van der Waals surface area contributed by atoms with Crippen molar-refractivity contribution in [2.45, 2.75) is 39.8 Å². The van der Waals surface area contributed by atoms with E-state index in [1.54, 1.807) is 6.33 Å². The third-order valence-electron chi connectivity index (χ3n) is 3.13. The molecule has 0 amide bonds. The Kier molecular flexibility index (Phi) is 4.63. The molecule has 0 saturated carbocycles. The van der Waals surface area contributed by atoms with Crippen LogP contribution in [-0.2, 0) is 13.0 Å². The predicted molar refractivity (Wildman–Crippen MR) is 74.8 cm³/mol. The van der Waals surface area contributed by atoms with E-state index in [2.05, 4.69) is 47.2 Å². The summed E-state index contributed by atoms with van der Waals surface area (Å²) in [7, 11) is 0. The average Bonchev–Trinajstić information content (AvgIpc) is 2.85. The Morgan fingerprint density at radius 1 is 1.32 bits per heavy atom. The summed E-state index contributed by atoms with van der Waals surface area (Å²) in [5.41, 5.74) is 2.38. The SMILES string of the molecule is CCNC(Cc1ncnn1CC)c1cncc(C)c1. The van der Waals surface area contributed by atoms with Gasteiger partial charge in [-0.25, -0.2) is 4.98 Å². The summed E-state index contributed by atoms with van der Waals surface area (Å²) in [4.78, 5) is 8.62. The molecule has 5 nitrogen and oxygen atoms in total. The molecule has 0 bridgehead atoms. The van der Waals surface area contributed by atoms with Gasteiger partial charge in [0.2, 0.25) is 0 Å². The molecule has 2 aromatic heterocycles. The van der Waals surface area contributed by atoms with Crippen LogP contribution in [0.1, 0.15) is 36.8 Å². The van der Waals surface area contributed by atoms with E-state index in [1.807, 2.05) is 17.1 Å². The Hall–Kier alpha value is -1.75. The van der Waals surface area contributed by atoms with Gasteiger partial charge >= 0.3 is 0 Å². The summed E-state index contributed by atoms with van der Waals surface area (Å²) in [6.45, 7) is 8.02. The van der Waals surface area contributed by atoms with Crippen LogP contribution in [0.5, 0.6) is 0 Å². The van der Waals surface area contributed by atoms with Crippen LogP contribution in [0.25, 0.3) is 0 Å². The van der Waals surface area contributed by atoms with Crippen molar-refractivity contribution in [3.8, 4) is 0 Å². The normalized spacial score (nSPS) is 12.6. The van der Waals surface area contributed by atoms with Crippen molar-refractivity contribution >= 4 is 0 Å². The highest BCUT2D eigenvalue weighted by atomic mass is 15.3. The minimum absolute atomic E-state index is 0.229. The zero-order valence-corrected chi connectivity index (χ0v) is 11.8. The van der Waals surface area contributed by atoms with E-state index in [1.165, 1.54) is 11.1 Å². The second-order valence-electron chi connectivity index (χ2n) is 4.60. The molecule has 0 aliphatic carbocycles. The molecule has 0 aliphatic rings. The maximum Gasteiger partial charge on any atom is 0.138 e. The lowest BCUT2D eigenvalue weighted by Gasteiger charge is -2.18. The Bertz CT molecular complexity index is 520. The molecule has 0 aromatic carbocycles. The first-order chi connectivity index (χ1) is 9.24. The molecular formula is C14H21N5. The smallest absolute Gasteiger partial charge is 0.138 e. The molecule has 2 aromatic rings. The summed E-state index contributed by atoms with van der Waals surface area (Å²) in [6, 6.07) is 2.40. The molecule has 2 rings (SSSR count).